The van der Waals surface area contributed by atoms with Crippen LogP contribution in [0.4, 0.5) is 4.39 Å². The van der Waals surface area contributed by atoms with Gasteiger partial charge in [-0.1, -0.05) is 17.7 Å². The van der Waals surface area contributed by atoms with Crippen molar-refractivity contribution < 1.29 is 9.13 Å². The molecule has 1 heterocycles. The van der Waals surface area contributed by atoms with Crippen molar-refractivity contribution in [3.05, 3.63) is 34.6 Å². The normalized spacial score (nSPS) is 21.8. The fourth-order valence-corrected chi connectivity index (χ4v) is 2.59. The van der Waals surface area contributed by atoms with Gasteiger partial charge in [0.1, 0.15) is 5.82 Å². The highest BCUT2D eigenvalue weighted by atomic mass is 35.5. The topological polar surface area (TPSA) is 21.3 Å². The minimum absolute atomic E-state index is 0.154. The summed E-state index contributed by atoms with van der Waals surface area (Å²) in [5.41, 5.74) is 0.688. The second kappa shape index (κ2) is 6.50. The second-order valence-corrected chi connectivity index (χ2v) is 5.18. The van der Waals surface area contributed by atoms with Crippen LogP contribution >= 0.6 is 11.6 Å². The van der Waals surface area contributed by atoms with E-state index in [1.54, 1.807) is 12.1 Å². The molecule has 1 N–H and O–H groups in total. The molecule has 0 aromatic heterocycles. The Hall–Kier alpha value is -0.640. The van der Waals surface area contributed by atoms with Crippen molar-refractivity contribution >= 4 is 11.6 Å². The van der Waals surface area contributed by atoms with Gasteiger partial charge in [-0.05, 0) is 50.4 Å². The number of hydrogen-bond acceptors (Lipinski definition) is 2. The van der Waals surface area contributed by atoms with E-state index in [1.807, 2.05) is 7.05 Å². The molecule has 0 bridgehead atoms. The fourth-order valence-electron chi connectivity index (χ4n) is 2.43. The van der Waals surface area contributed by atoms with Crippen molar-refractivity contribution in [2.45, 2.75) is 37.8 Å². The zero-order chi connectivity index (χ0) is 13.0. The lowest BCUT2D eigenvalue weighted by molar-refractivity contribution is -0.00600. The highest BCUT2D eigenvalue weighted by molar-refractivity contribution is 6.30. The highest BCUT2D eigenvalue weighted by Gasteiger charge is 2.24. The summed E-state index contributed by atoms with van der Waals surface area (Å²) in [6.07, 6.45) is 4.16. The van der Waals surface area contributed by atoms with Gasteiger partial charge in [0.15, 0.2) is 0 Å². The third kappa shape index (κ3) is 3.44. The summed E-state index contributed by atoms with van der Waals surface area (Å²) in [7, 11) is 1.90. The largest absolute Gasteiger partial charge is 0.377 e. The molecular formula is C14H19ClFNO. The van der Waals surface area contributed by atoms with Crippen molar-refractivity contribution in [3.63, 3.8) is 0 Å². The van der Waals surface area contributed by atoms with Gasteiger partial charge >= 0.3 is 0 Å². The smallest absolute Gasteiger partial charge is 0.127 e. The summed E-state index contributed by atoms with van der Waals surface area (Å²) < 4.78 is 19.5. The van der Waals surface area contributed by atoms with Crippen LogP contribution in [-0.2, 0) is 11.2 Å². The molecule has 1 aromatic carbocycles. The summed E-state index contributed by atoms with van der Waals surface area (Å²) in [5.74, 6) is -0.237. The molecule has 1 saturated heterocycles. The monoisotopic (exact) mass is 271 g/mol. The number of benzene rings is 1. The molecule has 1 fully saturated rings. The van der Waals surface area contributed by atoms with E-state index in [0.29, 0.717) is 17.0 Å². The van der Waals surface area contributed by atoms with Crippen LogP contribution in [0.2, 0.25) is 5.02 Å². The van der Waals surface area contributed by atoms with Crippen LogP contribution in [0.15, 0.2) is 18.2 Å². The van der Waals surface area contributed by atoms with Crippen molar-refractivity contribution in [2.75, 3.05) is 13.7 Å². The van der Waals surface area contributed by atoms with Gasteiger partial charge in [0.25, 0.3) is 0 Å². The Morgan fingerprint density at radius 1 is 1.50 bits per heavy atom. The number of ether oxygens (including phenoxy) is 1. The molecule has 1 aliphatic heterocycles. The Kier molecular flexibility index (Phi) is 4.98. The molecular weight excluding hydrogens is 253 g/mol. The van der Waals surface area contributed by atoms with E-state index in [2.05, 4.69) is 5.32 Å². The Labute approximate surface area is 112 Å². The molecule has 1 aromatic rings. The minimum Gasteiger partial charge on any atom is -0.377 e. The van der Waals surface area contributed by atoms with Gasteiger partial charge in [0.2, 0.25) is 0 Å². The molecule has 0 radical (unpaired) electrons. The second-order valence-electron chi connectivity index (χ2n) is 4.74. The van der Waals surface area contributed by atoms with Gasteiger partial charge in [0.05, 0.1) is 6.10 Å². The number of halogens is 2. The summed E-state index contributed by atoms with van der Waals surface area (Å²) in [6.45, 7) is 0.811. The predicted octanol–water partition coefficient (Wildman–Crippen LogP) is 3.18. The van der Waals surface area contributed by atoms with Gasteiger partial charge in [0, 0.05) is 17.7 Å². The molecule has 18 heavy (non-hydrogen) atoms. The Bertz CT molecular complexity index is 393. The van der Waals surface area contributed by atoms with Crippen molar-refractivity contribution in [2.24, 2.45) is 0 Å². The highest BCUT2D eigenvalue weighted by Crippen LogP contribution is 2.21. The van der Waals surface area contributed by atoms with E-state index in [4.69, 9.17) is 16.3 Å². The van der Waals surface area contributed by atoms with Crippen LogP contribution in [0.1, 0.15) is 24.8 Å². The van der Waals surface area contributed by atoms with Gasteiger partial charge in [-0.15, -0.1) is 0 Å². The number of rotatable bonds is 4. The van der Waals surface area contributed by atoms with Crippen molar-refractivity contribution in [3.8, 4) is 0 Å². The van der Waals surface area contributed by atoms with Gasteiger partial charge in [-0.25, -0.2) is 4.39 Å². The summed E-state index contributed by atoms with van der Waals surface area (Å²) >= 11 is 5.76. The summed E-state index contributed by atoms with van der Waals surface area (Å²) in [6, 6.07) is 5.01. The average molecular weight is 272 g/mol. The molecule has 0 amide bonds. The number of hydrogen-bond donors (Lipinski definition) is 1. The first-order valence-electron chi connectivity index (χ1n) is 6.43. The Morgan fingerprint density at radius 2 is 2.33 bits per heavy atom. The van der Waals surface area contributed by atoms with E-state index in [1.165, 1.54) is 12.5 Å². The lowest BCUT2D eigenvalue weighted by Gasteiger charge is -2.30. The fraction of sp³-hybridized carbons (Fsp3) is 0.571. The zero-order valence-corrected chi connectivity index (χ0v) is 11.3. The van der Waals surface area contributed by atoms with Gasteiger partial charge < -0.3 is 10.1 Å². The first kappa shape index (κ1) is 13.8. The lowest BCUT2D eigenvalue weighted by Crippen LogP contribution is -2.42. The molecule has 2 atom stereocenters. The molecule has 100 valence electrons. The summed E-state index contributed by atoms with van der Waals surface area (Å²) in [5, 5.41) is 3.67. The average Bonchev–Trinajstić information content (AvgIpc) is 2.39. The van der Waals surface area contributed by atoms with E-state index < -0.39 is 0 Å². The van der Waals surface area contributed by atoms with E-state index in [-0.39, 0.29) is 18.0 Å². The van der Waals surface area contributed by atoms with Crippen LogP contribution in [0.3, 0.4) is 0 Å². The standard InChI is InChI=1S/C14H19ClFNO/c1-17-13(14-4-2-3-7-18-14)8-10-5-6-11(15)9-12(10)16/h5-6,9,13-14,17H,2-4,7-8H2,1H3. The molecule has 0 aliphatic carbocycles. The van der Waals surface area contributed by atoms with Gasteiger partial charge in [-0.2, -0.15) is 0 Å². The summed E-state index contributed by atoms with van der Waals surface area (Å²) in [4.78, 5) is 0. The van der Waals surface area contributed by atoms with Crippen LogP contribution in [-0.4, -0.2) is 25.8 Å². The first-order valence-corrected chi connectivity index (χ1v) is 6.81. The van der Waals surface area contributed by atoms with E-state index in [0.717, 1.165) is 19.4 Å². The molecule has 2 rings (SSSR count). The Morgan fingerprint density at radius 3 is 2.94 bits per heavy atom. The van der Waals surface area contributed by atoms with Crippen LogP contribution in [0, 0.1) is 5.82 Å². The molecule has 2 unspecified atom stereocenters. The minimum atomic E-state index is -0.237. The number of likely N-dealkylation sites (N-methyl/N-ethyl adjacent to an activating group) is 1. The van der Waals surface area contributed by atoms with Crippen LogP contribution < -0.4 is 5.32 Å². The van der Waals surface area contributed by atoms with Crippen LogP contribution in [0.25, 0.3) is 0 Å². The molecule has 2 nitrogen and oxygen atoms in total. The van der Waals surface area contributed by atoms with Crippen molar-refractivity contribution in [1.29, 1.82) is 0 Å². The Balaban J connectivity index is 2.04. The lowest BCUT2D eigenvalue weighted by atomic mass is 9.96. The maximum atomic E-state index is 13.8. The molecule has 0 spiro atoms. The SMILES string of the molecule is CNC(Cc1ccc(Cl)cc1F)C1CCCCO1. The maximum Gasteiger partial charge on any atom is 0.127 e. The molecule has 0 saturated carbocycles. The third-order valence-electron chi connectivity index (χ3n) is 3.49. The first-order chi connectivity index (χ1) is 8.70. The molecule has 4 heteroatoms. The predicted molar refractivity (Wildman–Crippen MR) is 71.6 cm³/mol. The quantitative estimate of drug-likeness (QED) is 0.908. The van der Waals surface area contributed by atoms with E-state index >= 15 is 0 Å². The molecule has 1 aliphatic rings. The maximum absolute atomic E-state index is 13.8. The van der Waals surface area contributed by atoms with Gasteiger partial charge in [-0.3, -0.25) is 0 Å². The van der Waals surface area contributed by atoms with Crippen molar-refractivity contribution in [1.82, 2.24) is 5.32 Å². The zero-order valence-electron chi connectivity index (χ0n) is 10.6. The van der Waals surface area contributed by atoms with E-state index in [9.17, 15) is 4.39 Å². The van der Waals surface area contributed by atoms with Crippen LogP contribution in [0.5, 0.6) is 0 Å². The number of nitrogens with one attached hydrogen (secondary N) is 1. The third-order valence-corrected chi connectivity index (χ3v) is 3.72.